The molecule has 5 rings (SSSR count). The van der Waals surface area contributed by atoms with Gasteiger partial charge in [0.15, 0.2) is 0 Å². The van der Waals surface area contributed by atoms with Gasteiger partial charge in [-0.05, 0) is 117 Å². The van der Waals surface area contributed by atoms with E-state index in [0.717, 1.165) is 35.2 Å². The predicted molar refractivity (Wildman–Crippen MR) is 144 cm³/mol. The Morgan fingerprint density at radius 1 is 1.03 bits per heavy atom. The highest BCUT2D eigenvalue weighted by atomic mass is 32.2. The highest BCUT2D eigenvalue weighted by molar-refractivity contribution is 7.85. The topological polar surface area (TPSA) is 42.0 Å². The van der Waals surface area contributed by atoms with Crippen LogP contribution in [0.25, 0.3) is 11.3 Å². The Bertz CT molecular complexity index is 1170. The average molecular weight is 473 g/mol. The molecule has 34 heavy (non-hydrogen) atoms. The van der Waals surface area contributed by atoms with E-state index < -0.39 is 10.8 Å². The molecule has 1 fully saturated rings. The maximum absolute atomic E-state index is 11.7. The first-order chi connectivity index (χ1) is 16.5. The highest BCUT2D eigenvalue weighted by Gasteiger charge is 2.24. The zero-order chi connectivity index (χ0) is 23.5. The number of aryl methyl sites for hydroxylation is 2. The van der Waals surface area contributed by atoms with Crippen molar-refractivity contribution in [2.24, 2.45) is 11.8 Å². The molecule has 3 aromatic rings. The molecule has 2 heterocycles. The monoisotopic (exact) mass is 472 g/mol. The molecular formula is C30H36N2OS. The number of aromatic nitrogens is 1. The second kappa shape index (κ2) is 10.4. The van der Waals surface area contributed by atoms with Crippen LogP contribution in [0.1, 0.15) is 54.4 Å². The predicted octanol–water partition coefficient (Wildman–Crippen LogP) is 7.15. The van der Waals surface area contributed by atoms with Crippen molar-refractivity contribution >= 4 is 22.2 Å². The molecule has 0 spiro atoms. The van der Waals surface area contributed by atoms with Crippen LogP contribution in [0.2, 0.25) is 0 Å². The Morgan fingerprint density at radius 3 is 2.71 bits per heavy atom. The molecule has 178 valence electrons. The van der Waals surface area contributed by atoms with Crippen LogP contribution in [0.15, 0.2) is 54.7 Å². The fourth-order valence-corrected chi connectivity index (χ4v) is 7.27. The summed E-state index contributed by atoms with van der Waals surface area (Å²) in [4.78, 5) is 4.65. The molecule has 1 aromatic heterocycles. The quantitative estimate of drug-likeness (QED) is 0.387. The molecular weight excluding hydrogens is 436 g/mol. The van der Waals surface area contributed by atoms with Crippen LogP contribution in [0.5, 0.6) is 0 Å². The van der Waals surface area contributed by atoms with Gasteiger partial charge in [0.2, 0.25) is 0 Å². The second-order valence-corrected chi connectivity index (χ2v) is 11.9. The lowest BCUT2D eigenvalue weighted by Gasteiger charge is -2.18. The summed E-state index contributed by atoms with van der Waals surface area (Å²) in [6.07, 6.45) is 10.5. The molecule has 1 aliphatic carbocycles. The van der Waals surface area contributed by atoms with Gasteiger partial charge in [0, 0.05) is 45.4 Å². The first-order valence-corrected chi connectivity index (χ1v) is 14.3. The molecule has 0 bridgehead atoms. The Hall–Kier alpha value is -2.46. The Labute approximate surface area is 206 Å². The minimum absolute atomic E-state index is 0.551. The van der Waals surface area contributed by atoms with Gasteiger partial charge in [-0.25, -0.2) is 0 Å². The molecule has 3 atom stereocenters. The number of fused-ring (bicyclic) bond motifs is 1. The first kappa shape index (κ1) is 23.3. The van der Waals surface area contributed by atoms with Gasteiger partial charge in [0.05, 0.1) is 5.69 Å². The van der Waals surface area contributed by atoms with E-state index in [0.29, 0.717) is 5.92 Å². The Morgan fingerprint density at radius 2 is 1.91 bits per heavy atom. The summed E-state index contributed by atoms with van der Waals surface area (Å²) in [5, 5.41) is 3.74. The van der Waals surface area contributed by atoms with Gasteiger partial charge in [0.25, 0.3) is 0 Å². The maximum Gasteiger partial charge on any atom is 0.0705 e. The number of pyridine rings is 1. The minimum atomic E-state index is -0.551. The van der Waals surface area contributed by atoms with E-state index in [4.69, 9.17) is 0 Å². The van der Waals surface area contributed by atoms with Gasteiger partial charge in [-0.2, -0.15) is 0 Å². The summed E-state index contributed by atoms with van der Waals surface area (Å²) < 4.78 is 11.7. The standard InChI is InChI=1S/C30H36N2OS/c1-21-9-14-29(31-19-21)28-18-26(13-10-22(28)2)32-30-8-4-6-25-17-23(5-3-7-27(25)30)11-12-24-15-16-34(33)20-24/h4,6,8-10,13-14,18-19,23-24,32H,3,5,7,11-12,15-17,20H2,1-2H3. The van der Waals surface area contributed by atoms with Crippen molar-refractivity contribution < 1.29 is 4.21 Å². The number of anilines is 2. The van der Waals surface area contributed by atoms with E-state index in [-0.39, 0.29) is 0 Å². The third kappa shape index (κ3) is 5.43. The van der Waals surface area contributed by atoms with Crippen molar-refractivity contribution in [2.75, 3.05) is 16.8 Å². The fraction of sp³-hybridized carbons (Fsp3) is 0.433. The van der Waals surface area contributed by atoms with Crippen molar-refractivity contribution in [2.45, 2.75) is 58.8 Å². The lowest BCUT2D eigenvalue weighted by atomic mass is 9.89. The Kier molecular flexibility index (Phi) is 7.15. The third-order valence-electron chi connectivity index (χ3n) is 7.68. The molecule has 1 saturated heterocycles. The number of nitrogens with zero attached hydrogens (tertiary/aromatic N) is 1. The fourth-order valence-electron chi connectivity index (χ4n) is 5.65. The van der Waals surface area contributed by atoms with Crippen molar-refractivity contribution in [1.82, 2.24) is 4.98 Å². The number of hydrogen-bond donors (Lipinski definition) is 1. The molecule has 0 saturated carbocycles. The molecule has 4 heteroatoms. The minimum Gasteiger partial charge on any atom is -0.355 e. The Balaban J connectivity index is 1.32. The molecule has 0 amide bonds. The van der Waals surface area contributed by atoms with Crippen LogP contribution in [0.3, 0.4) is 0 Å². The number of nitrogens with one attached hydrogen (secondary N) is 1. The van der Waals surface area contributed by atoms with E-state index in [2.05, 4.69) is 72.7 Å². The van der Waals surface area contributed by atoms with Gasteiger partial charge >= 0.3 is 0 Å². The van der Waals surface area contributed by atoms with E-state index in [1.807, 2.05) is 6.20 Å². The van der Waals surface area contributed by atoms with E-state index >= 15 is 0 Å². The normalized spacial score (nSPS) is 22.2. The van der Waals surface area contributed by atoms with E-state index in [9.17, 15) is 4.21 Å². The maximum atomic E-state index is 11.7. The summed E-state index contributed by atoms with van der Waals surface area (Å²) in [5.41, 5.74) is 9.98. The van der Waals surface area contributed by atoms with Gasteiger partial charge in [-0.1, -0.05) is 24.3 Å². The molecule has 2 aliphatic rings. The third-order valence-corrected chi connectivity index (χ3v) is 9.22. The van der Waals surface area contributed by atoms with Crippen molar-refractivity contribution in [3.63, 3.8) is 0 Å². The van der Waals surface area contributed by atoms with Crippen LogP contribution in [-0.2, 0) is 23.6 Å². The van der Waals surface area contributed by atoms with Crippen molar-refractivity contribution in [3.8, 4) is 11.3 Å². The zero-order valence-corrected chi connectivity index (χ0v) is 21.3. The van der Waals surface area contributed by atoms with Crippen LogP contribution < -0.4 is 5.32 Å². The smallest absolute Gasteiger partial charge is 0.0705 e. The van der Waals surface area contributed by atoms with Crippen LogP contribution in [0, 0.1) is 25.7 Å². The SMILES string of the molecule is Cc1ccc(-c2cc(Nc3cccc4c3CCCC(CCC3CCS(=O)C3)C4)ccc2C)nc1. The molecule has 0 radical (unpaired) electrons. The van der Waals surface area contributed by atoms with Gasteiger partial charge < -0.3 is 5.32 Å². The molecule has 3 unspecified atom stereocenters. The van der Waals surface area contributed by atoms with Gasteiger partial charge in [0.1, 0.15) is 0 Å². The lowest BCUT2D eigenvalue weighted by Crippen LogP contribution is -2.08. The second-order valence-electron chi connectivity index (χ2n) is 10.3. The van der Waals surface area contributed by atoms with Crippen LogP contribution >= 0.6 is 0 Å². The van der Waals surface area contributed by atoms with Crippen molar-refractivity contribution in [3.05, 3.63) is 77.0 Å². The van der Waals surface area contributed by atoms with Crippen LogP contribution in [-0.4, -0.2) is 20.7 Å². The summed E-state index contributed by atoms with van der Waals surface area (Å²) in [7, 11) is -0.551. The summed E-state index contributed by atoms with van der Waals surface area (Å²) >= 11 is 0. The molecule has 3 nitrogen and oxygen atoms in total. The van der Waals surface area contributed by atoms with Gasteiger partial charge in [-0.15, -0.1) is 0 Å². The first-order valence-electron chi connectivity index (χ1n) is 12.8. The number of rotatable bonds is 6. The summed E-state index contributed by atoms with van der Waals surface area (Å²) in [6, 6.07) is 17.6. The van der Waals surface area contributed by atoms with E-state index in [1.54, 1.807) is 0 Å². The number of hydrogen-bond acceptors (Lipinski definition) is 3. The number of benzene rings is 2. The average Bonchev–Trinajstić information content (AvgIpc) is 3.13. The van der Waals surface area contributed by atoms with E-state index in [1.165, 1.54) is 72.0 Å². The zero-order valence-electron chi connectivity index (χ0n) is 20.5. The van der Waals surface area contributed by atoms with Gasteiger partial charge in [-0.3, -0.25) is 9.19 Å². The molecule has 1 N–H and O–H groups in total. The summed E-state index contributed by atoms with van der Waals surface area (Å²) in [6.45, 7) is 4.22. The molecule has 1 aliphatic heterocycles. The van der Waals surface area contributed by atoms with Crippen molar-refractivity contribution in [1.29, 1.82) is 0 Å². The largest absolute Gasteiger partial charge is 0.355 e. The summed E-state index contributed by atoms with van der Waals surface area (Å²) in [5.74, 6) is 3.31. The lowest BCUT2D eigenvalue weighted by molar-refractivity contribution is 0.389. The highest BCUT2D eigenvalue weighted by Crippen LogP contribution is 2.35. The molecule has 2 aromatic carbocycles. The van der Waals surface area contributed by atoms with Crippen LogP contribution in [0.4, 0.5) is 11.4 Å².